The van der Waals surface area contributed by atoms with Gasteiger partial charge in [0.25, 0.3) is 10.0 Å². The Labute approximate surface area is 148 Å². The molecule has 4 nitrogen and oxygen atoms in total. The largest absolute Gasteiger partial charge is 0.496 e. The van der Waals surface area contributed by atoms with Gasteiger partial charge in [-0.25, -0.2) is 8.42 Å². The molecule has 0 unspecified atom stereocenters. The molecule has 0 fully saturated rings. The zero-order valence-electron chi connectivity index (χ0n) is 14.5. The summed E-state index contributed by atoms with van der Waals surface area (Å²) in [5.41, 5.74) is 1.43. The van der Waals surface area contributed by atoms with Crippen LogP contribution >= 0.6 is 0 Å². The number of anilines is 1. The second kappa shape index (κ2) is 6.76. The van der Waals surface area contributed by atoms with E-state index in [4.69, 9.17) is 4.74 Å². The molecule has 5 heteroatoms. The minimum Gasteiger partial charge on any atom is -0.496 e. The first-order chi connectivity index (χ1) is 11.9. The van der Waals surface area contributed by atoms with Crippen molar-refractivity contribution in [1.29, 1.82) is 0 Å². The molecule has 0 aliphatic carbocycles. The average molecular weight is 355 g/mol. The van der Waals surface area contributed by atoms with Gasteiger partial charge >= 0.3 is 0 Å². The second-order valence-electron chi connectivity index (χ2n) is 6.19. The molecule has 130 valence electrons. The Morgan fingerprint density at radius 2 is 1.68 bits per heavy atom. The molecule has 0 spiro atoms. The van der Waals surface area contributed by atoms with Gasteiger partial charge in [-0.3, -0.25) is 4.72 Å². The average Bonchev–Trinajstić information content (AvgIpc) is 2.61. The Morgan fingerprint density at radius 1 is 0.960 bits per heavy atom. The summed E-state index contributed by atoms with van der Waals surface area (Å²) in [6.07, 6.45) is 0. The van der Waals surface area contributed by atoms with Crippen LogP contribution in [-0.2, 0) is 10.0 Å². The summed E-state index contributed by atoms with van der Waals surface area (Å²) in [7, 11) is -2.10. The maximum atomic E-state index is 12.9. The first-order valence-electron chi connectivity index (χ1n) is 8.11. The molecular formula is C20H21NO3S. The van der Waals surface area contributed by atoms with E-state index < -0.39 is 10.0 Å². The summed E-state index contributed by atoms with van der Waals surface area (Å²) >= 11 is 0. The van der Waals surface area contributed by atoms with Crippen LogP contribution < -0.4 is 9.46 Å². The summed E-state index contributed by atoms with van der Waals surface area (Å²) in [5.74, 6) is 0.849. The zero-order chi connectivity index (χ0) is 18.0. The molecule has 0 atom stereocenters. The van der Waals surface area contributed by atoms with Crippen LogP contribution in [0.15, 0.2) is 65.6 Å². The van der Waals surface area contributed by atoms with E-state index in [0.717, 1.165) is 16.3 Å². The highest BCUT2D eigenvalue weighted by Gasteiger charge is 2.18. The molecule has 3 aromatic carbocycles. The lowest BCUT2D eigenvalue weighted by molar-refractivity contribution is 0.407. The van der Waals surface area contributed by atoms with E-state index in [2.05, 4.69) is 4.72 Å². The third kappa shape index (κ3) is 3.46. The molecule has 0 aliphatic heterocycles. The van der Waals surface area contributed by atoms with Gasteiger partial charge in [0.2, 0.25) is 0 Å². The molecule has 1 N–H and O–H groups in total. The minimum atomic E-state index is -3.69. The highest BCUT2D eigenvalue weighted by molar-refractivity contribution is 7.92. The van der Waals surface area contributed by atoms with Crippen LogP contribution in [0.1, 0.15) is 25.3 Å². The normalized spacial score (nSPS) is 11.7. The van der Waals surface area contributed by atoms with Crippen LogP contribution in [0, 0.1) is 0 Å². The minimum absolute atomic E-state index is 0.155. The highest BCUT2D eigenvalue weighted by atomic mass is 32.2. The number of rotatable bonds is 5. The third-order valence-corrected chi connectivity index (χ3v) is 5.53. The van der Waals surface area contributed by atoms with E-state index in [1.54, 1.807) is 31.4 Å². The molecule has 0 saturated heterocycles. The Balaban J connectivity index is 2.03. The van der Waals surface area contributed by atoms with E-state index in [-0.39, 0.29) is 10.8 Å². The molecule has 0 aromatic heterocycles. The van der Waals surface area contributed by atoms with Crippen molar-refractivity contribution in [3.8, 4) is 5.75 Å². The molecule has 3 rings (SSSR count). The molecule has 25 heavy (non-hydrogen) atoms. The highest BCUT2D eigenvalue weighted by Crippen LogP contribution is 2.30. The van der Waals surface area contributed by atoms with Gasteiger partial charge in [0.15, 0.2) is 0 Å². The Hall–Kier alpha value is -2.53. The van der Waals surface area contributed by atoms with Crippen molar-refractivity contribution in [2.75, 3.05) is 11.8 Å². The SMILES string of the molecule is COc1ccc(S(=O)(=O)Nc2cccc3ccccc23)cc1C(C)C. The van der Waals surface area contributed by atoms with Crippen LogP contribution in [-0.4, -0.2) is 15.5 Å². The summed E-state index contributed by atoms with van der Waals surface area (Å²) in [4.78, 5) is 0.227. The maximum absolute atomic E-state index is 12.9. The quantitative estimate of drug-likeness (QED) is 0.717. The number of benzene rings is 3. The van der Waals surface area contributed by atoms with Gasteiger partial charge in [0, 0.05) is 5.39 Å². The van der Waals surface area contributed by atoms with E-state index in [1.807, 2.05) is 50.2 Å². The lowest BCUT2D eigenvalue weighted by Gasteiger charge is -2.15. The van der Waals surface area contributed by atoms with Gasteiger partial charge in [-0.2, -0.15) is 0 Å². The van der Waals surface area contributed by atoms with Crippen molar-refractivity contribution in [1.82, 2.24) is 0 Å². The number of methoxy groups -OCH3 is 1. The van der Waals surface area contributed by atoms with E-state index in [1.165, 1.54) is 0 Å². The summed E-state index contributed by atoms with van der Waals surface area (Å²) in [5, 5.41) is 1.85. The molecule has 0 saturated carbocycles. The first kappa shape index (κ1) is 17.3. The van der Waals surface area contributed by atoms with Crippen LogP contribution in [0.4, 0.5) is 5.69 Å². The van der Waals surface area contributed by atoms with Crippen LogP contribution in [0.3, 0.4) is 0 Å². The molecule has 0 heterocycles. The van der Waals surface area contributed by atoms with Crippen LogP contribution in [0.5, 0.6) is 5.75 Å². The maximum Gasteiger partial charge on any atom is 0.261 e. The number of sulfonamides is 1. The Kier molecular flexibility index (Phi) is 4.68. The summed E-state index contributed by atoms with van der Waals surface area (Å²) < 4.78 is 33.8. The van der Waals surface area contributed by atoms with Gasteiger partial charge < -0.3 is 4.74 Å². The number of hydrogen-bond acceptors (Lipinski definition) is 3. The number of nitrogens with one attached hydrogen (secondary N) is 1. The van der Waals surface area contributed by atoms with E-state index in [9.17, 15) is 8.42 Å². The Morgan fingerprint density at radius 3 is 2.40 bits per heavy atom. The fourth-order valence-corrected chi connectivity index (χ4v) is 3.96. The zero-order valence-corrected chi connectivity index (χ0v) is 15.3. The van der Waals surface area contributed by atoms with Gasteiger partial charge in [0.05, 0.1) is 17.7 Å². The first-order valence-corrected chi connectivity index (χ1v) is 9.59. The molecule has 0 aliphatic rings. The van der Waals surface area contributed by atoms with E-state index >= 15 is 0 Å². The van der Waals surface area contributed by atoms with Crippen molar-refractivity contribution in [2.45, 2.75) is 24.7 Å². The van der Waals surface area contributed by atoms with E-state index in [0.29, 0.717) is 11.4 Å². The lowest BCUT2D eigenvalue weighted by Crippen LogP contribution is -2.14. The molecular weight excluding hydrogens is 334 g/mol. The topological polar surface area (TPSA) is 55.4 Å². The van der Waals surface area contributed by atoms with Gasteiger partial charge in [0.1, 0.15) is 5.75 Å². The second-order valence-corrected chi connectivity index (χ2v) is 7.87. The van der Waals surface area contributed by atoms with Crippen LogP contribution in [0.2, 0.25) is 0 Å². The van der Waals surface area contributed by atoms with Gasteiger partial charge in [-0.15, -0.1) is 0 Å². The van der Waals surface area contributed by atoms with Crippen molar-refractivity contribution in [3.05, 3.63) is 66.2 Å². The lowest BCUT2D eigenvalue weighted by atomic mass is 10.0. The van der Waals surface area contributed by atoms with Crippen LogP contribution in [0.25, 0.3) is 10.8 Å². The fourth-order valence-electron chi connectivity index (χ4n) is 2.85. The predicted octanol–water partition coefficient (Wildman–Crippen LogP) is 4.77. The molecule has 3 aromatic rings. The van der Waals surface area contributed by atoms with Gasteiger partial charge in [-0.1, -0.05) is 50.2 Å². The number of hydrogen-bond donors (Lipinski definition) is 1. The fraction of sp³-hybridized carbons (Fsp3) is 0.200. The predicted molar refractivity (Wildman–Crippen MR) is 102 cm³/mol. The number of fused-ring (bicyclic) bond motifs is 1. The Bertz CT molecular complexity index is 1010. The monoisotopic (exact) mass is 355 g/mol. The van der Waals surface area contributed by atoms with Crippen molar-refractivity contribution in [2.24, 2.45) is 0 Å². The van der Waals surface area contributed by atoms with Gasteiger partial charge in [-0.05, 0) is 41.1 Å². The summed E-state index contributed by atoms with van der Waals surface area (Å²) in [6, 6.07) is 18.2. The standard InChI is InChI=1S/C20H21NO3S/c1-14(2)18-13-16(11-12-20(18)24-3)25(22,23)21-19-10-6-8-15-7-4-5-9-17(15)19/h4-14,21H,1-3H3. The molecule has 0 bridgehead atoms. The third-order valence-electron chi connectivity index (χ3n) is 4.17. The number of ether oxygens (including phenoxy) is 1. The van der Waals surface area contributed by atoms with Crippen molar-refractivity contribution >= 4 is 26.5 Å². The smallest absolute Gasteiger partial charge is 0.261 e. The molecule has 0 amide bonds. The molecule has 0 radical (unpaired) electrons. The van der Waals surface area contributed by atoms with Crippen molar-refractivity contribution < 1.29 is 13.2 Å². The summed E-state index contributed by atoms with van der Waals surface area (Å²) in [6.45, 7) is 4.01. The van der Waals surface area contributed by atoms with Crippen molar-refractivity contribution in [3.63, 3.8) is 0 Å².